The third kappa shape index (κ3) is 12.9. The number of carboxylic acids is 1. The van der Waals surface area contributed by atoms with Crippen molar-refractivity contribution in [3.63, 3.8) is 0 Å². The molecule has 0 spiro atoms. The van der Waals surface area contributed by atoms with Crippen molar-refractivity contribution in [2.45, 2.75) is 70.9 Å². The number of hydrogen-bond donors (Lipinski definition) is 1. The number of esters is 1. The number of unbranched alkanes of at least 4 members (excludes halogenated alkanes) is 4. The first-order chi connectivity index (χ1) is 28.4. The third-order valence-electron chi connectivity index (χ3n) is 9.58. The van der Waals surface area contributed by atoms with Crippen LogP contribution < -0.4 is 9.47 Å². The summed E-state index contributed by atoms with van der Waals surface area (Å²) in [5.41, 5.74) is 6.11. The number of carboxylic acid groups (broad SMARTS) is 1. The van der Waals surface area contributed by atoms with E-state index in [2.05, 4.69) is 38.1 Å². The predicted octanol–water partition coefficient (Wildman–Crippen LogP) is 9.23. The normalized spacial score (nSPS) is 11.0. The van der Waals surface area contributed by atoms with Crippen LogP contribution >= 0.6 is 0 Å². The van der Waals surface area contributed by atoms with Crippen molar-refractivity contribution in [2.75, 3.05) is 47.8 Å². The summed E-state index contributed by atoms with van der Waals surface area (Å²) in [6.45, 7) is 4.03. The number of hydrogen-bond acceptors (Lipinski definition) is 9. The molecule has 0 aliphatic carbocycles. The molecule has 0 atom stereocenters. The molecule has 2 heterocycles. The number of aromatic nitrogens is 4. The Morgan fingerprint density at radius 1 is 0.552 bits per heavy atom. The highest BCUT2D eigenvalue weighted by atomic mass is 16.5. The Hall–Kier alpha value is -5.72. The average Bonchev–Trinajstić information content (AvgIpc) is 3.80. The van der Waals surface area contributed by atoms with E-state index in [0.29, 0.717) is 45.8 Å². The van der Waals surface area contributed by atoms with Gasteiger partial charge in [0.05, 0.1) is 49.0 Å². The van der Waals surface area contributed by atoms with Crippen molar-refractivity contribution in [3.8, 4) is 34.3 Å². The molecule has 0 aliphatic heterocycles. The lowest BCUT2D eigenvalue weighted by molar-refractivity contribution is -0.141. The minimum Gasteiger partial charge on any atom is -0.494 e. The lowest BCUT2D eigenvalue weighted by Crippen LogP contribution is -2.06. The van der Waals surface area contributed by atoms with Crippen LogP contribution in [-0.4, -0.2) is 83.9 Å². The van der Waals surface area contributed by atoms with Gasteiger partial charge in [0.15, 0.2) is 0 Å². The maximum absolute atomic E-state index is 11.1. The Bertz CT molecular complexity index is 2150. The van der Waals surface area contributed by atoms with Crippen LogP contribution in [0.2, 0.25) is 0 Å². The monoisotopic (exact) mass is 792 g/mol. The fourth-order valence-corrected chi connectivity index (χ4v) is 6.59. The summed E-state index contributed by atoms with van der Waals surface area (Å²) < 4.78 is 31.4. The smallest absolute Gasteiger partial charge is 0.305 e. The SMILES string of the molecule is COCCCn1c(-c2ccccc2)nc2ccc(OCCCCCC(=O)O)cc21.COCCn1c(-c2ccccc2)nc2ccc(OCCCCCC(=O)OC)cc21. The number of fused-ring (bicyclic) bond motifs is 2. The Labute approximate surface area is 340 Å². The molecule has 12 nitrogen and oxygen atoms in total. The molecule has 2 aromatic heterocycles. The van der Waals surface area contributed by atoms with Crippen LogP contribution in [0.15, 0.2) is 97.1 Å². The quantitative estimate of drug-likeness (QED) is 0.0494. The molecule has 6 aromatic rings. The highest BCUT2D eigenvalue weighted by Gasteiger charge is 2.15. The van der Waals surface area contributed by atoms with Crippen LogP contribution in [-0.2, 0) is 36.9 Å². The molecule has 0 aliphatic rings. The number of aryl methyl sites for hydroxylation is 1. The second-order valence-corrected chi connectivity index (χ2v) is 13.8. The summed E-state index contributed by atoms with van der Waals surface area (Å²) in [7, 11) is 4.84. The van der Waals surface area contributed by atoms with Gasteiger partial charge in [-0.15, -0.1) is 0 Å². The Kier molecular flexibility index (Phi) is 17.6. The molecule has 12 heteroatoms. The first-order valence-electron chi connectivity index (χ1n) is 20.0. The summed E-state index contributed by atoms with van der Waals surface area (Å²) >= 11 is 0. The van der Waals surface area contributed by atoms with Crippen molar-refractivity contribution in [3.05, 3.63) is 97.1 Å². The lowest BCUT2D eigenvalue weighted by Gasteiger charge is -2.10. The number of nitrogens with zero attached hydrogens (tertiary/aromatic N) is 4. The molecule has 0 radical (unpaired) electrons. The third-order valence-corrected chi connectivity index (χ3v) is 9.58. The minimum atomic E-state index is -0.743. The molecule has 6 rings (SSSR count). The Balaban J connectivity index is 0.000000221. The summed E-state index contributed by atoms with van der Waals surface area (Å²) in [6, 6.07) is 32.3. The molecule has 4 aromatic carbocycles. The Morgan fingerprint density at radius 2 is 1.05 bits per heavy atom. The highest BCUT2D eigenvalue weighted by molar-refractivity contribution is 5.83. The minimum absolute atomic E-state index is 0.157. The number of benzene rings is 4. The Morgan fingerprint density at radius 3 is 1.53 bits per heavy atom. The molecule has 0 bridgehead atoms. The fraction of sp³-hybridized carbons (Fsp3) is 0.391. The molecular weight excluding hydrogens is 737 g/mol. The second kappa shape index (κ2) is 23.5. The number of aliphatic carboxylic acids is 1. The average molecular weight is 793 g/mol. The zero-order valence-electron chi connectivity index (χ0n) is 33.9. The van der Waals surface area contributed by atoms with Crippen LogP contribution in [0.4, 0.5) is 0 Å². The van der Waals surface area contributed by atoms with Crippen molar-refractivity contribution < 1.29 is 38.4 Å². The van der Waals surface area contributed by atoms with E-state index in [4.69, 9.17) is 34.0 Å². The van der Waals surface area contributed by atoms with Crippen molar-refractivity contribution in [1.82, 2.24) is 19.1 Å². The number of rotatable bonds is 23. The van der Waals surface area contributed by atoms with Gasteiger partial charge >= 0.3 is 11.9 Å². The van der Waals surface area contributed by atoms with Crippen LogP contribution in [0.25, 0.3) is 44.8 Å². The second-order valence-electron chi connectivity index (χ2n) is 13.8. The standard InChI is InChI=1S/2C23H28N2O4/c1-27-16-14-25-21-17-19(29-15-8-4-7-11-22(26)28-2)12-13-20(21)24-23(25)18-9-5-3-6-10-18;1-28-15-8-14-25-21-17-19(29-16-7-3-6-11-22(26)27)12-13-20(21)24-23(25)18-9-4-2-5-10-18/h3,5-6,9-10,12-13,17H,4,7-8,11,14-16H2,1-2H3;2,4-5,9-10,12-13,17H,3,6-8,11,14-16H2,1H3,(H,26,27). The highest BCUT2D eigenvalue weighted by Crippen LogP contribution is 2.29. The first-order valence-corrected chi connectivity index (χ1v) is 20.0. The van der Waals surface area contributed by atoms with Gasteiger partial charge in [0, 0.05) is 70.0 Å². The van der Waals surface area contributed by atoms with Gasteiger partial charge in [0.2, 0.25) is 0 Å². The summed E-state index contributed by atoms with van der Waals surface area (Å²) in [6.07, 6.45) is 6.60. The zero-order chi connectivity index (χ0) is 41.0. The number of ether oxygens (including phenoxy) is 5. The molecule has 0 fully saturated rings. The maximum atomic E-state index is 11.1. The number of carbonyl (C=O) groups excluding carboxylic acids is 1. The van der Waals surface area contributed by atoms with Crippen molar-refractivity contribution >= 4 is 34.0 Å². The lowest BCUT2D eigenvalue weighted by atomic mass is 10.2. The van der Waals surface area contributed by atoms with E-state index in [1.54, 1.807) is 14.2 Å². The van der Waals surface area contributed by atoms with E-state index >= 15 is 0 Å². The fourth-order valence-electron chi connectivity index (χ4n) is 6.59. The van der Waals surface area contributed by atoms with E-state index in [-0.39, 0.29) is 12.4 Å². The van der Waals surface area contributed by atoms with Gasteiger partial charge in [-0.3, -0.25) is 9.59 Å². The van der Waals surface area contributed by atoms with Gasteiger partial charge < -0.3 is 37.9 Å². The van der Waals surface area contributed by atoms with Gasteiger partial charge in [-0.25, -0.2) is 9.97 Å². The molecular formula is C46H56N4O8. The van der Waals surface area contributed by atoms with Crippen LogP contribution in [0.1, 0.15) is 57.8 Å². The summed E-state index contributed by atoms with van der Waals surface area (Å²) in [5, 5.41) is 8.69. The van der Waals surface area contributed by atoms with E-state index in [9.17, 15) is 9.59 Å². The molecule has 0 amide bonds. The van der Waals surface area contributed by atoms with Crippen molar-refractivity contribution in [1.29, 1.82) is 0 Å². The molecule has 0 saturated heterocycles. The van der Waals surface area contributed by atoms with Gasteiger partial charge in [0.25, 0.3) is 0 Å². The summed E-state index contributed by atoms with van der Waals surface area (Å²) in [5.74, 6) is 2.61. The molecule has 0 unspecified atom stereocenters. The molecule has 1 N–H and O–H groups in total. The number of carbonyl (C=O) groups is 2. The van der Waals surface area contributed by atoms with Crippen LogP contribution in [0, 0.1) is 0 Å². The zero-order valence-corrected chi connectivity index (χ0v) is 33.9. The van der Waals surface area contributed by atoms with Gasteiger partial charge in [-0.2, -0.15) is 0 Å². The molecule has 0 saturated carbocycles. The summed E-state index contributed by atoms with van der Waals surface area (Å²) in [4.78, 5) is 31.4. The first kappa shape index (κ1) is 43.4. The van der Waals surface area contributed by atoms with E-state index in [1.165, 1.54) is 7.11 Å². The topological polar surface area (TPSA) is 136 Å². The molecule has 308 valence electrons. The van der Waals surface area contributed by atoms with E-state index in [1.807, 2.05) is 72.8 Å². The van der Waals surface area contributed by atoms with Crippen LogP contribution in [0.3, 0.4) is 0 Å². The van der Waals surface area contributed by atoms with E-state index in [0.717, 1.165) is 101 Å². The molecule has 58 heavy (non-hydrogen) atoms. The van der Waals surface area contributed by atoms with E-state index < -0.39 is 5.97 Å². The van der Waals surface area contributed by atoms with Crippen LogP contribution in [0.5, 0.6) is 11.5 Å². The maximum Gasteiger partial charge on any atom is 0.305 e. The number of imidazole rings is 2. The number of methoxy groups -OCH3 is 3. The van der Waals surface area contributed by atoms with Gasteiger partial charge in [-0.05, 0) is 69.2 Å². The largest absolute Gasteiger partial charge is 0.494 e. The predicted molar refractivity (Wildman–Crippen MR) is 226 cm³/mol. The van der Waals surface area contributed by atoms with Crippen molar-refractivity contribution in [2.24, 2.45) is 0 Å². The van der Waals surface area contributed by atoms with Gasteiger partial charge in [0.1, 0.15) is 23.1 Å². The van der Waals surface area contributed by atoms with Gasteiger partial charge in [-0.1, -0.05) is 60.7 Å².